The highest BCUT2D eigenvalue weighted by atomic mass is 31.2. The zero-order chi connectivity index (χ0) is 31.1. The van der Waals surface area contributed by atoms with E-state index in [4.69, 9.17) is 13.8 Å². The highest BCUT2D eigenvalue weighted by Crippen LogP contribution is 2.39. The molecule has 42 heavy (non-hydrogen) atoms. The zero-order valence-electron chi connectivity index (χ0n) is 27.6. The fraction of sp³-hybridized carbons (Fsp3) is 0.794. The van der Waals surface area contributed by atoms with Crippen molar-refractivity contribution in [2.24, 2.45) is 5.92 Å². The van der Waals surface area contributed by atoms with Crippen molar-refractivity contribution in [2.45, 2.75) is 123 Å². The summed E-state index contributed by atoms with van der Waals surface area (Å²) in [7, 11) is 1.71. The Bertz CT molecular complexity index is 855. The van der Waals surface area contributed by atoms with Crippen LogP contribution in [0.5, 0.6) is 5.75 Å². The van der Waals surface area contributed by atoms with E-state index in [1.165, 1.54) is 70.6 Å². The van der Waals surface area contributed by atoms with Gasteiger partial charge < -0.3 is 23.2 Å². The number of phosphoric acid groups is 1. The summed E-state index contributed by atoms with van der Waals surface area (Å²) in [4.78, 5) is 24.7. The number of ether oxygens (including phenoxy) is 1. The fourth-order valence-corrected chi connectivity index (χ4v) is 5.85. The molecule has 8 heteroatoms. The van der Waals surface area contributed by atoms with Crippen LogP contribution in [-0.2, 0) is 24.8 Å². The van der Waals surface area contributed by atoms with Crippen molar-refractivity contribution in [3.8, 4) is 5.75 Å². The second-order valence-electron chi connectivity index (χ2n) is 12.9. The topological polar surface area (TPSA) is 84.9 Å². The van der Waals surface area contributed by atoms with E-state index in [9.17, 15) is 14.3 Å². The molecule has 0 aromatic heterocycles. The second-order valence-corrected chi connectivity index (χ2v) is 14.3. The van der Waals surface area contributed by atoms with Crippen LogP contribution in [0.25, 0.3) is 0 Å². The van der Waals surface area contributed by atoms with Gasteiger partial charge in [-0.05, 0) is 42.9 Å². The predicted octanol–water partition coefficient (Wildman–Crippen LogP) is 8.28. The van der Waals surface area contributed by atoms with E-state index in [0.29, 0.717) is 25.9 Å². The molecule has 0 fully saturated rings. The molecule has 0 spiro atoms. The quantitative estimate of drug-likeness (QED) is 0.0539. The van der Waals surface area contributed by atoms with Crippen molar-refractivity contribution in [1.82, 2.24) is 0 Å². The first-order valence-corrected chi connectivity index (χ1v) is 18.1. The van der Waals surface area contributed by atoms with Gasteiger partial charge in [-0.25, -0.2) is 0 Å². The van der Waals surface area contributed by atoms with Gasteiger partial charge in [0.25, 0.3) is 7.82 Å². The average Bonchev–Trinajstić information content (AvgIpc) is 2.93. The molecule has 1 rings (SSSR count). The molecule has 2 unspecified atom stereocenters. The molecular weight excluding hydrogens is 549 g/mol. The maximum Gasteiger partial charge on any atom is 0.267 e. The van der Waals surface area contributed by atoms with E-state index in [-0.39, 0.29) is 31.3 Å². The number of carbonyl (C=O) groups excluding carboxylic acids is 1. The summed E-state index contributed by atoms with van der Waals surface area (Å²) in [5, 5.41) is 0. The largest absolute Gasteiger partial charge is 0.756 e. The third-order valence-corrected chi connectivity index (χ3v) is 8.41. The van der Waals surface area contributed by atoms with Crippen molar-refractivity contribution < 1.29 is 32.5 Å². The van der Waals surface area contributed by atoms with E-state index < -0.39 is 7.82 Å². The number of nitrogens with zero attached hydrogens (tertiary/aromatic N) is 1. The lowest BCUT2D eigenvalue weighted by Gasteiger charge is -2.27. The van der Waals surface area contributed by atoms with Crippen molar-refractivity contribution in [2.75, 3.05) is 47.5 Å². The van der Waals surface area contributed by atoms with E-state index in [2.05, 4.69) is 6.92 Å². The molecular formula is C34H62NO6P. The van der Waals surface area contributed by atoms with Crippen LogP contribution in [0.15, 0.2) is 24.3 Å². The van der Waals surface area contributed by atoms with Gasteiger partial charge in [0.05, 0.1) is 47.5 Å². The van der Waals surface area contributed by atoms with Crippen molar-refractivity contribution in [3.63, 3.8) is 0 Å². The Morgan fingerprint density at radius 3 is 1.90 bits per heavy atom. The Morgan fingerprint density at radius 2 is 1.36 bits per heavy atom. The second kappa shape index (κ2) is 23.2. The third kappa shape index (κ3) is 22.3. The molecule has 0 amide bonds. The number of ketones is 1. The number of carbonyl (C=O) groups is 1. The molecule has 2 atom stereocenters. The number of benzene rings is 1. The highest BCUT2D eigenvalue weighted by Gasteiger charge is 2.19. The lowest BCUT2D eigenvalue weighted by molar-refractivity contribution is -0.870. The minimum absolute atomic E-state index is 0.0667. The number of unbranched alkanes of at least 4 members (excludes halogenated alkanes) is 11. The maximum atomic E-state index is 12.4. The van der Waals surface area contributed by atoms with Crippen LogP contribution in [0.4, 0.5) is 0 Å². The van der Waals surface area contributed by atoms with Gasteiger partial charge in [-0.15, -0.1) is 0 Å². The molecule has 0 heterocycles. The molecule has 0 N–H and O–H groups in total. The number of phosphoric ester groups is 1. The molecule has 0 aliphatic rings. The third-order valence-electron chi connectivity index (χ3n) is 7.45. The summed E-state index contributed by atoms with van der Waals surface area (Å²) < 4.78 is 29.3. The van der Waals surface area contributed by atoms with Crippen LogP contribution in [0.3, 0.4) is 0 Å². The molecule has 244 valence electrons. The molecule has 7 nitrogen and oxygen atoms in total. The summed E-state index contributed by atoms with van der Waals surface area (Å²) in [5.74, 6) is 0.718. The zero-order valence-corrected chi connectivity index (χ0v) is 28.5. The lowest BCUT2D eigenvalue weighted by Crippen LogP contribution is -2.35. The molecule has 1 aromatic carbocycles. The Hall–Kier alpha value is -1.24. The first-order chi connectivity index (χ1) is 20.0. The standard InChI is InChI=1S/C34H62NO6P/c1-6-8-9-10-11-12-13-14-15-16-17-18-26-39-34-23-21-31(22-24-34)28-32(29-33(36)20-7-2)30-41-42(37,38)40-27-19-25-35(3,4)5/h21-24,32H,6-20,25-30H2,1-5H3. The Balaban J connectivity index is 2.37. The van der Waals surface area contributed by atoms with Crippen LogP contribution in [0.1, 0.15) is 122 Å². The van der Waals surface area contributed by atoms with Crippen molar-refractivity contribution in [1.29, 1.82) is 0 Å². The number of quaternary nitrogens is 1. The molecule has 0 bridgehead atoms. The minimum Gasteiger partial charge on any atom is -0.756 e. The van der Waals surface area contributed by atoms with E-state index >= 15 is 0 Å². The monoisotopic (exact) mass is 611 g/mol. The van der Waals surface area contributed by atoms with Crippen molar-refractivity contribution in [3.05, 3.63) is 29.8 Å². The van der Waals surface area contributed by atoms with Gasteiger partial charge in [0, 0.05) is 19.3 Å². The lowest BCUT2D eigenvalue weighted by atomic mass is 9.94. The summed E-state index contributed by atoms with van der Waals surface area (Å²) in [5.41, 5.74) is 1.02. The van der Waals surface area contributed by atoms with Gasteiger partial charge in [0.15, 0.2) is 0 Å². The van der Waals surface area contributed by atoms with Crippen LogP contribution in [-0.4, -0.2) is 57.8 Å². The van der Waals surface area contributed by atoms with E-state index in [1.807, 2.05) is 52.3 Å². The molecule has 0 saturated heterocycles. The summed E-state index contributed by atoms with van der Waals surface area (Å²) in [6, 6.07) is 7.90. The molecule has 0 aliphatic carbocycles. The first kappa shape index (κ1) is 38.8. The van der Waals surface area contributed by atoms with Gasteiger partial charge in [-0.3, -0.25) is 9.36 Å². The predicted molar refractivity (Wildman–Crippen MR) is 172 cm³/mol. The van der Waals surface area contributed by atoms with Gasteiger partial charge in [0.1, 0.15) is 11.5 Å². The average molecular weight is 612 g/mol. The van der Waals surface area contributed by atoms with Crippen molar-refractivity contribution >= 4 is 13.6 Å². The summed E-state index contributed by atoms with van der Waals surface area (Å²) in [6.45, 7) is 5.77. The Labute approximate surface area is 257 Å². The Morgan fingerprint density at radius 1 is 0.786 bits per heavy atom. The first-order valence-electron chi connectivity index (χ1n) is 16.7. The number of hydrogen-bond acceptors (Lipinski definition) is 6. The Kier molecular flexibility index (Phi) is 21.4. The highest BCUT2D eigenvalue weighted by molar-refractivity contribution is 7.45. The van der Waals surface area contributed by atoms with Gasteiger partial charge in [0.2, 0.25) is 0 Å². The summed E-state index contributed by atoms with van der Waals surface area (Å²) in [6.07, 6.45) is 18.6. The van der Waals surface area contributed by atoms with Crippen LogP contribution in [0, 0.1) is 5.92 Å². The number of rotatable bonds is 28. The maximum absolute atomic E-state index is 12.4. The molecule has 0 saturated carbocycles. The molecule has 0 aliphatic heterocycles. The SMILES string of the molecule is CCCCCCCCCCCCCCOc1ccc(CC(COP(=O)([O-])OCCC[N+](C)(C)C)CC(=O)CCC)cc1. The van der Waals surface area contributed by atoms with Crippen LogP contribution >= 0.6 is 7.82 Å². The minimum atomic E-state index is -4.42. The normalized spacial score (nSPS) is 14.0. The van der Waals surface area contributed by atoms with E-state index in [0.717, 1.165) is 35.2 Å². The van der Waals surface area contributed by atoms with Gasteiger partial charge in [-0.1, -0.05) is 96.6 Å². The van der Waals surface area contributed by atoms with Crippen LogP contribution in [0.2, 0.25) is 0 Å². The number of Topliss-reactive ketones (excluding diaryl/α,β-unsaturated/α-hetero) is 1. The smallest absolute Gasteiger partial charge is 0.267 e. The molecule has 1 aromatic rings. The van der Waals surface area contributed by atoms with E-state index in [1.54, 1.807) is 0 Å². The summed E-state index contributed by atoms with van der Waals surface area (Å²) >= 11 is 0. The van der Waals surface area contributed by atoms with Gasteiger partial charge in [-0.2, -0.15) is 0 Å². The van der Waals surface area contributed by atoms with Crippen LogP contribution < -0.4 is 9.63 Å². The molecule has 0 radical (unpaired) electrons. The number of hydrogen-bond donors (Lipinski definition) is 0. The van der Waals surface area contributed by atoms with Gasteiger partial charge >= 0.3 is 0 Å². The fourth-order valence-electron chi connectivity index (χ4n) is 5.03.